The zero-order chi connectivity index (χ0) is 16.3. The van der Waals surface area contributed by atoms with E-state index in [1.54, 1.807) is 17.0 Å². The van der Waals surface area contributed by atoms with Crippen LogP contribution in [0.5, 0.6) is 0 Å². The number of hydrogen-bond acceptors (Lipinski definition) is 5. The van der Waals surface area contributed by atoms with Crippen LogP contribution in [0.2, 0.25) is 0 Å². The van der Waals surface area contributed by atoms with Gasteiger partial charge in [-0.25, -0.2) is 9.78 Å². The largest absolute Gasteiger partial charge is 0.444 e. The Labute approximate surface area is 139 Å². The molecule has 1 aromatic heterocycles. The van der Waals surface area contributed by atoms with Gasteiger partial charge in [-0.3, -0.25) is 0 Å². The summed E-state index contributed by atoms with van der Waals surface area (Å²) in [5.74, 6) is -0.449. The normalized spacial score (nSPS) is 16.7. The number of nitrogens with zero attached hydrogens (tertiary/aromatic N) is 2. The number of ether oxygens (including phenoxy) is 2. The average Bonchev–Trinajstić information content (AvgIpc) is 3.02. The zero-order valence-electron chi connectivity index (χ0n) is 12.6. The standard InChI is InChI=1S/C17H16N2O3S/c1-13(14-5-3-2-4-6-14)19-12-18-9-15(19)16(20)22-17(7-8-23)10-21-11-17/h2-7,9,12-13H,10-11H2,1H3/t13-/m1/s1. The van der Waals surface area contributed by atoms with Crippen molar-refractivity contribution in [2.24, 2.45) is 0 Å². The third-order valence-corrected chi connectivity index (χ3v) is 4.00. The second-order valence-electron chi connectivity index (χ2n) is 5.48. The first kappa shape index (κ1) is 15.6. The third-order valence-electron chi connectivity index (χ3n) is 3.89. The summed E-state index contributed by atoms with van der Waals surface area (Å²) in [6.07, 6.45) is 4.70. The monoisotopic (exact) mass is 328 g/mol. The summed E-state index contributed by atoms with van der Waals surface area (Å²) in [7, 11) is 0. The summed E-state index contributed by atoms with van der Waals surface area (Å²) < 4.78 is 12.5. The number of thiocarbonyl (C=S) groups is 1. The van der Waals surface area contributed by atoms with Gasteiger partial charge in [0, 0.05) is 6.08 Å². The number of aromatic nitrogens is 2. The smallest absolute Gasteiger partial charge is 0.357 e. The highest BCUT2D eigenvalue weighted by Crippen LogP contribution is 2.26. The second-order valence-corrected chi connectivity index (χ2v) is 5.72. The maximum atomic E-state index is 12.5. The van der Waals surface area contributed by atoms with Crippen LogP contribution in [0.1, 0.15) is 29.0 Å². The zero-order valence-corrected chi connectivity index (χ0v) is 13.5. The molecule has 1 aliphatic heterocycles. The van der Waals surface area contributed by atoms with Crippen molar-refractivity contribution in [1.29, 1.82) is 0 Å². The Kier molecular flexibility index (Phi) is 4.39. The van der Waals surface area contributed by atoms with E-state index in [0.717, 1.165) is 5.56 Å². The Morgan fingerprint density at radius 3 is 2.83 bits per heavy atom. The molecular weight excluding hydrogens is 312 g/mol. The van der Waals surface area contributed by atoms with Crippen LogP contribution in [-0.4, -0.2) is 39.4 Å². The van der Waals surface area contributed by atoms with Crippen molar-refractivity contribution < 1.29 is 14.3 Å². The number of rotatable bonds is 5. The maximum absolute atomic E-state index is 12.5. The van der Waals surface area contributed by atoms with Crippen molar-refractivity contribution >= 4 is 23.2 Å². The molecule has 118 valence electrons. The summed E-state index contributed by atoms with van der Waals surface area (Å²) in [4.78, 5) is 16.6. The minimum Gasteiger partial charge on any atom is -0.444 e. The Hall–Kier alpha value is -2.27. The van der Waals surface area contributed by atoms with Crippen LogP contribution in [0.25, 0.3) is 0 Å². The van der Waals surface area contributed by atoms with Crippen molar-refractivity contribution in [2.45, 2.75) is 18.6 Å². The predicted molar refractivity (Wildman–Crippen MR) is 88.6 cm³/mol. The number of esters is 1. The van der Waals surface area contributed by atoms with Crippen molar-refractivity contribution in [3.05, 3.63) is 60.2 Å². The summed E-state index contributed by atoms with van der Waals surface area (Å²) in [6, 6.07) is 9.87. The highest BCUT2D eigenvalue weighted by molar-refractivity contribution is 7.78. The molecule has 0 amide bonds. The van der Waals surface area contributed by atoms with Crippen LogP contribution in [0.4, 0.5) is 0 Å². The molecule has 0 N–H and O–H groups in total. The summed E-state index contributed by atoms with van der Waals surface area (Å²) in [5.41, 5.74) is 0.676. The molecule has 2 aromatic rings. The lowest BCUT2D eigenvalue weighted by Crippen LogP contribution is -2.51. The lowest BCUT2D eigenvalue weighted by Gasteiger charge is -2.37. The number of hydrogen-bond donors (Lipinski definition) is 0. The Morgan fingerprint density at radius 2 is 2.22 bits per heavy atom. The number of carbonyl (C=O) groups excluding carboxylic acids is 1. The first-order valence-electron chi connectivity index (χ1n) is 7.25. The van der Waals surface area contributed by atoms with Gasteiger partial charge in [0.15, 0.2) is 5.60 Å². The number of benzene rings is 1. The molecule has 6 heteroatoms. The van der Waals surface area contributed by atoms with Crippen LogP contribution < -0.4 is 0 Å². The van der Waals surface area contributed by atoms with Gasteiger partial charge in [0.25, 0.3) is 0 Å². The first-order valence-corrected chi connectivity index (χ1v) is 7.66. The van der Waals surface area contributed by atoms with Crippen molar-refractivity contribution in [3.63, 3.8) is 0 Å². The highest BCUT2D eigenvalue weighted by Gasteiger charge is 2.41. The first-order chi connectivity index (χ1) is 11.2. The molecule has 1 fully saturated rings. The van der Waals surface area contributed by atoms with Gasteiger partial charge in [0.2, 0.25) is 0 Å². The van der Waals surface area contributed by atoms with Gasteiger partial charge in [-0.05, 0) is 29.7 Å². The molecule has 1 aliphatic rings. The fourth-order valence-electron chi connectivity index (χ4n) is 2.48. The summed E-state index contributed by atoms with van der Waals surface area (Å²) in [6.45, 7) is 2.60. The molecule has 1 saturated heterocycles. The highest BCUT2D eigenvalue weighted by atomic mass is 32.1. The molecule has 2 heterocycles. The number of carbonyl (C=O) groups is 1. The molecular formula is C17H16N2O3S. The quantitative estimate of drug-likeness (QED) is 0.624. The number of imidazole rings is 1. The molecule has 1 atom stereocenters. The molecule has 0 unspecified atom stereocenters. The van der Waals surface area contributed by atoms with Crippen LogP contribution in [-0.2, 0) is 9.47 Å². The minimum absolute atomic E-state index is 0.0316. The molecule has 0 spiro atoms. The van der Waals surface area contributed by atoms with Crippen LogP contribution >= 0.6 is 12.2 Å². The van der Waals surface area contributed by atoms with Gasteiger partial charge in [0.1, 0.15) is 5.69 Å². The Morgan fingerprint density at radius 1 is 1.48 bits per heavy atom. The molecule has 0 aliphatic carbocycles. The van der Waals surface area contributed by atoms with Gasteiger partial charge >= 0.3 is 5.97 Å². The molecule has 0 radical (unpaired) electrons. The molecule has 3 rings (SSSR count). The predicted octanol–water partition coefficient (Wildman–Crippen LogP) is 2.57. The lowest BCUT2D eigenvalue weighted by molar-refractivity contribution is -0.151. The van der Waals surface area contributed by atoms with Crippen molar-refractivity contribution in [3.8, 4) is 0 Å². The van der Waals surface area contributed by atoms with Gasteiger partial charge in [0.05, 0.1) is 31.8 Å². The van der Waals surface area contributed by atoms with E-state index in [2.05, 4.69) is 10.0 Å². The van der Waals surface area contributed by atoms with Gasteiger partial charge in [-0.2, -0.15) is 0 Å². The van der Waals surface area contributed by atoms with E-state index in [-0.39, 0.29) is 6.04 Å². The van der Waals surface area contributed by atoms with E-state index in [1.807, 2.05) is 37.3 Å². The fraction of sp³-hybridized carbons (Fsp3) is 0.294. The van der Waals surface area contributed by atoms with E-state index in [9.17, 15) is 4.79 Å². The van der Waals surface area contributed by atoms with E-state index >= 15 is 0 Å². The molecule has 0 bridgehead atoms. The SMILES string of the molecule is C[C@H](c1ccccc1)n1cncc1C(=O)OC1(C=C=S)COC1. The van der Waals surface area contributed by atoms with E-state index in [1.165, 1.54) is 6.20 Å². The second kappa shape index (κ2) is 6.46. The van der Waals surface area contributed by atoms with E-state index in [4.69, 9.17) is 21.7 Å². The summed E-state index contributed by atoms with van der Waals surface area (Å²) in [5, 5.41) is 2.50. The third kappa shape index (κ3) is 3.10. The van der Waals surface area contributed by atoms with Crippen LogP contribution in [0.15, 0.2) is 48.9 Å². The molecule has 1 aromatic carbocycles. The van der Waals surface area contributed by atoms with Crippen molar-refractivity contribution in [2.75, 3.05) is 13.2 Å². The molecule has 0 saturated carbocycles. The lowest BCUT2D eigenvalue weighted by atomic mass is 10.0. The topological polar surface area (TPSA) is 53.4 Å². The Balaban J connectivity index is 1.83. The maximum Gasteiger partial charge on any atom is 0.357 e. The van der Waals surface area contributed by atoms with E-state index < -0.39 is 11.6 Å². The molecule has 23 heavy (non-hydrogen) atoms. The van der Waals surface area contributed by atoms with Crippen LogP contribution in [0.3, 0.4) is 0 Å². The fourth-order valence-corrected chi connectivity index (χ4v) is 2.70. The van der Waals surface area contributed by atoms with E-state index in [0.29, 0.717) is 18.9 Å². The van der Waals surface area contributed by atoms with Gasteiger partial charge in [-0.15, -0.1) is 0 Å². The van der Waals surface area contributed by atoms with Gasteiger partial charge < -0.3 is 14.0 Å². The van der Waals surface area contributed by atoms with Gasteiger partial charge in [-0.1, -0.05) is 30.3 Å². The Bertz CT molecular complexity index is 746. The summed E-state index contributed by atoms with van der Waals surface area (Å²) >= 11 is 4.71. The molecule has 5 nitrogen and oxygen atoms in total. The van der Waals surface area contributed by atoms with Crippen LogP contribution in [0, 0.1) is 0 Å². The average molecular weight is 328 g/mol. The van der Waals surface area contributed by atoms with Crippen molar-refractivity contribution in [1.82, 2.24) is 9.55 Å². The minimum atomic E-state index is -0.802.